The van der Waals surface area contributed by atoms with E-state index in [-0.39, 0.29) is 18.2 Å². The Labute approximate surface area is 133 Å². The minimum atomic E-state index is -0.173. The van der Waals surface area contributed by atoms with Crippen molar-refractivity contribution in [1.82, 2.24) is 4.90 Å². The van der Waals surface area contributed by atoms with Crippen molar-refractivity contribution in [2.45, 2.75) is 19.9 Å². The van der Waals surface area contributed by atoms with Gasteiger partial charge in [0.1, 0.15) is 5.76 Å². The molecule has 0 radical (unpaired) electrons. The fourth-order valence-electron chi connectivity index (χ4n) is 1.96. The van der Waals surface area contributed by atoms with Gasteiger partial charge in [0.15, 0.2) is 0 Å². The molecule has 1 heterocycles. The number of rotatable bonds is 6. The molecule has 2 rings (SSSR count). The van der Waals surface area contributed by atoms with Crippen molar-refractivity contribution in [3.8, 4) is 0 Å². The van der Waals surface area contributed by atoms with Crippen LogP contribution in [-0.2, 0) is 16.1 Å². The van der Waals surface area contributed by atoms with Gasteiger partial charge in [-0.15, -0.1) is 0 Å². The number of furan rings is 1. The molecular formula is C16H17ClN2O3. The van der Waals surface area contributed by atoms with Gasteiger partial charge >= 0.3 is 0 Å². The average molecular weight is 321 g/mol. The van der Waals surface area contributed by atoms with E-state index >= 15 is 0 Å². The molecule has 0 saturated carbocycles. The first kappa shape index (κ1) is 16.1. The molecular weight excluding hydrogens is 304 g/mol. The summed E-state index contributed by atoms with van der Waals surface area (Å²) in [6.07, 6.45) is 1.76. The molecule has 0 saturated heterocycles. The molecule has 1 aromatic heterocycles. The van der Waals surface area contributed by atoms with Gasteiger partial charge in [-0.2, -0.15) is 0 Å². The standard InChI is InChI=1S/C16H17ClN2O3/c1-12(20)19(11-15-6-3-9-22-15)8-7-16(21)18-14-5-2-4-13(17)10-14/h2-6,9-10H,7-8,11H2,1H3,(H,18,21). The summed E-state index contributed by atoms with van der Waals surface area (Å²) < 4.78 is 5.22. The van der Waals surface area contributed by atoms with Crippen molar-refractivity contribution in [1.29, 1.82) is 0 Å². The molecule has 2 amide bonds. The van der Waals surface area contributed by atoms with E-state index in [0.29, 0.717) is 29.6 Å². The number of nitrogens with zero attached hydrogens (tertiary/aromatic N) is 1. The second-order valence-electron chi connectivity index (χ2n) is 4.83. The maximum atomic E-state index is 11.9. The molecule has 0 aliphatic carbocycles. The minimum absolute atomic E-state index is 0.105. The molecule has 0 bridgehead atoms. The van der Waals surface area contributed by atoms with Gasteiger partial charge < -0.3 is 14.6 Å². The van der Waals surface area contributed by atoms with E-state index in [1.54, 1.807) is 47.6 Å². The predicted octanol–water partition coefficient (Wildman–Crippen LogP) is 3.31. The predicted molar refractivity (Wildman–Crippen MR) is 84.5 cm³/mol. The third kappa shape index (κ3) is 4.93. The first-order valence-electron chi connectivity index (χ1n) is 6.88. The van der Waals surface area contributed by atoms with Crippen molar-refractivity contribution in [3.05, 3.63) is 53.4 Å². The van der Waals surface area contributed by atoms with E-state index in [1.807, 2.05) is 0 Å². The average Bonchev–Trinajstić information content (AvgIpc) is 2.96. The Morgan fingerprint density at radius 3 is 2.73 bits per heavy atom. The first-order chi connectivity index (χ1) is 10.5. The van der Waals surface area contributed by atoms with Crippen LogP contribution in [0.25, 0.3) is 0 Å². The summed E-state index contributed by atoms with van der Waals surface area (Å²) in [5.41, 5.74) is 0.637. The maximum absolute atomic E-state index is 11.9. The van der Waals surface area contributed by atoms with E-state index in [9.17, 15) is 9.59 Å². The van der Waals surface area contributed by atoms with E-state index in [0.717, 1.165) is 0 Å². The lowest BCUT2D eigenvalue weighted by molar-refractivity contribution is -0.130. The van der Waals surface area contributed by atoms with E-state index in [1.165, 1.54) is 6.92 Å². The van der Waals surface area contributed by atoms with Crippen LogP contribution in [0.1, 0.15) is 19.1 Å². The fourth-order valence-corrected chi connectivity index (χ4v) is 2.16. The summed E-state index contributed by atoms with van der Waals surface area (Å²) in [6.45, 7) is 2.15. The Morgan fingerprint density at radius 2 is 2.09 bits per heavy atom. The summed E-state index contributed by atoms with van der Waals surface area (Å²) in [5.74, 6) is 0.408. The highest BCUT2D eigenvalue weighted by molar-refractivity contribution is 6.30. The van der Waals surface area contributed by atoms with Gasteiger partial charge in [-0.3, -0.25) is 9.59 Å². The number of hydrogen-bond acceptors (Lipinski definition) is 3. The van der Waals surface area contributed by atoms with Crippen molar-refractivity contribution < 1.29 is 14.0 Å². The van der Waals surface area contributed by atoms with Crippen LogP contribution < -0.4 is 5.32 Å². The monoisotopic (exact) mass is 320 g/mol. The Morgan fingerprint density at radius 1 is 1.27 bits per heavy atom. The zero-order valence-corrected chi connectivity index (χ0v) is 13.0. The molecule has 0 unspecified atom stereocenters. The lowest BCUT2D eigenvalue weighted by Crippen LogP contribution is -2.31. The number of nitrogens with one attached hydrogen (secondary N) is 1. The van der Waals surface area contributed by atoms with Crippen molar-refractivity contribution >= 4 is 29.1 Å². The zero-order chi connectivity index (χ0) is 15.9. The summed E-state index contributed by atoms with van der Waals surface area (Å²) >= 11 is 5.86. The third-order valence-electron chi connectivity index (χ3n) is 3.09. The Balaban J connectivity index is 1.86. The first-order valence-corrected chi connectivity index (χ1v) is 7.25. The number of carbonyl (C=O) groups excluding carboxylic acids is 2. The molecule has 1 aromatic carbocycles. The second-order valence-corrected chi connectivity index (χ2v) is 5.26. The van der Waals surface area contributed by atoms with Crippen LogP contribution in [0.5, 0.6) is 0 Å². The van der Waals surface area contributed by atoms with Gasteiger partial charge in [0.25, 0.3) is 0 Å². The molecule has 0 fully saturated rings. The van der Waals surface area contributed by atoms with Crippen LogP contribution in [0.2, 0.25) is 5.02 Å². The van der Waals surface area contributed by atoms with Crippen molar-refractivity contribution in [3.63, 3.8) is 0 Å². The molecule has 0 spiro atoms. The summed E-state index contributed by atoms with van der Waals surface area (Å²) in [6, 6.07) is 10.5. The minimum Gasteiger partial charge on any atom is -0.467 e. The summed E-state index contributed by atoms with van der Waals surface area (Å²) in [4.78, 5) is 25.1. The van der Waals surface area contributed by atoms with E-state index < -0.39 is 0 Å². The smallest absolute Gasteiger partial charge is 0.226 e. The Hall–Kier alpha value is -2.27. The van der Waals surface area contributed by atoms with Gasteiger partial charge in [0.2, 0.25) is 11.8 Å². The van der Waals surface area contributed by atoms with Gasteiger partial charge in [0.05, 0.1) is 12.8 Å². The van der Waals surface area contributed by atoms with Crippen LogP contribution >= 0.6 is 11.6 Å². The highest BCUT2D eigenvalue weighted by Crippen LogP contribution is 2.15. The van der Waals surface area contributed by atoms with Gasteiger partial charge in [-0.1, -0.05) is 17.7 Å². The lowest BCUT2D eigenvalue weighted by atomic mass is 10.3. The topological polar surface area (TPSA) is 62.6 Å². The molecule has 116 valence electrons. The molecule has 0 aliphatic heterocycles. The molecule has 22 heavy (non-hydrogen) atoms. The molecule has 0 aliphatic rings. The summed E-state index contributed by atoms with van der Waals surface area (Å²) in [7, 11) is 0. The Bertz CT molecular complexity index is 641. The van der Waals surface area contributed by atoms with E-state index in [2.05, 4.69) is 5.32 Å². The number of anilines is 1. The SMILES string of the molecule is CC(=O)N(CCC(=O)Nc1cccc(Cl)c1)Cc1ccco1. The third-order valence-corrected chi connectivity index (χ3v) is 3.32. The Kier molecular flexibility index (Phi) is 5.61. The van der Waals surface area contributed by atoms with Crippen LogP contribution in [0.15, 0.2) is 47.1 Å². The number of hydrogen-bond donors (Lipinski definition) is 1. The van der Waals surface area contributed by atoms with Gasteiger partial charge in [-0.05, 0) is 30.3 Å². The largest absolute Gasteiger partial charge is 0.467 e. The quantitative estimate of drug-likeness (QED) is 0.888. The summed E-state index contributed by atoms with van der Waals surface area (Å²) in [5, 5.41) is 3.31. The molecule has 5 nitrogen and oxygen atoms in total. The van der Waals surface area contributed by atoms with Crippen LogP contribution in [0.3, 0.4) is 0 Å². The molecule has 1 N–H and O–H groups in total. The highest BCUT2D eigenvalue weighted by Gasteiger charge is 2.13. The maximum Gasteiger partial charge on any atom is 0.226 e. The zero-order valence-electron chi connectivity index (χ0n) is 12.2. The molecule has 6 heteroatoms. The van der Waals surface area contributed by atoms with Gasteiger partial charge in [0, 0.05) is 30.6 Å². The number of benzene rings is 1. The molecule has 0 atom stereocenters. The number of halogens is 1. The second kappa shape index (κ2) is 7.66. The lowest BCUT2D eigenvalue weighted by Gasteiger charge is -2.19. The number of carbonyl (C=O) groups is 2. The normalized spacial score (nSPS) is 10.3. The number of amides is 2. The van der Waals surface area contributed by atoms with Crippen molar-refractivity contribution in [2.75, 3.05) is 11.9 Å². The van der Waals surface area contributed by atoms with Gasteiger partial charge in [-0.25, -0.2) is 0 Å². The van der Waals surface area contributed by atoms with E-state index in [4.69, 9.17) is 16.0 Å². The highest BCUT2D eigenvalue weighted by atomic mass is 35.5. The fraction of sp³-hybridized carbons (Fsp3) is 0.250. The molecule has 2 aromatic rings. The van der Waals surface area contributed by atoms with Crippen LogP contribution in [-0.4, -0.2) is 23.3 Å². The van der Waals surface area contributed by atoms with Crippen molar-refractivity contribution in [2.24, 2.45) is 0 Å². The van der Waals surface area contributed by atoms with Crippen LogP contribution in [0.4, 0.5) is 5.69 Å². The van der Waals surface area contributed by atoms with Crippen LogP contribution in [0, 0.1) is 0 Å².